The maximum atomic E-state index is 4.87. The molecule has 30 heavy (non-hydrogen) atoms. The Hall–Kier alpha value is -3.35. The molecule has 7 heteroatoms. The van der Waals surface area contributed by atoms with Gasteiger partial charge in [-0.2, -0.15) is 5.10 Å². The molecule has 1 aliphatic heterocycles. The predicted molar refractivity (Wildman–Crippen MR) is 121 cm³/mol. The van der Waals surface area contributed by atoms with Crippen LogP contribution in [0.2, 0.25) is 0 Å². The largest absolute Gasteiger partial charge is 0.357 e. The van der Waals surface area contributed by atoms with Crippen LogP contribution in [0.25, 0.3) is 0 Å². The number of nitrogens with zero attached hydrogens (tertiary/aromatic N) is 6. The van der Waals surface area contributed by atoms with E-state index in [9.17, 15) is 0 Å². The van der Waals surface area contributed by atoms with Gasteiger partial charge in [0.25, 0.3) is 0 Å². The second kappa shape index (κ2) is 9.91. The molecule has 156 valence electrons. The fourth-order valence-electron chi connectivity index (χ4n) is 3.63. The van der Waals surface area contributed by atoms with Crippen molar-refractivity contribution in [2.24, 2.45) is 4.99 Å². The van der Waals surface area contributed by atoms with Crippen LogP contribution in [-0.4, -0.2) is 58.3 Å². The van der Waals surface area contributed by atoms with Gasteiger partial charge in [-0.1, -0.05) is 36.4 Å². The molecule has 0 unspecified atom stereocenters. The Morgan fingerprint density at radius 2 is 1.80 bits per heavy atom. The van der Waals surface area contributed by atoms with Crippen LogP contribution in [0.3, 0.4) is 0 Å². The zero-order chi connectivity index (χ0) is 20.6. The molecule has 3 heterocycles. The molecule has 0 radical (unpaired) electrons. The first-order valence-corrected chi connectivity index (χ1v) is 10.6. The van der Waals surface area contributed by atoms with E-state index in [1.54, 1.807) is 0 Å². The standard InChI is InChI=1S/C23H29N7/c1-2-24-23(29-14-12-28(13-15-29)22-10-6-7-11-25-22)26-16-21-17-27-30(19-21)18-20-8-4-3-5-9-20/h3-11,17,19H,2,12-16,18H2,1H3,(H,24,26). The van der Waals surface area contributed by atoms with E-state index in [1.165, 1.54) is 5.56 Å². The zero-order valence-corrected chi connectivity index (χ0v) is 17.5. The molecule has 7 nitrogen and oxygen atoms in total. The molecule has 1 aliphatic rings. The first kappa shape index (κ1) is 19.9. The van der Waals surface area contributed by atoms with Crippen LogP contribution in [-0.2, 0) is 13.1 Å². The van der Waals surface area contributed by atoms with Gasteiger partial charge in [0.15, 0.2) is 5.96 Å². The van der Waals surface area contributed by atoms with Crippen molar-refractivity contribution in [3.8, 4) is 0 Å². The number of rotatable bonds is 6. The summed E-state index contributed by atoms with van der Waals surface area (Å²) >= 11 is 0. The quantitative estimate of drug-likeness (QED) is 0.506. The summed E-state index contributed by atoms with van der Waals surface area (Å²) in [5, 5.41) is 7.93. The second-order valence-corrected chi connectivity index (χ2v) is 7.36. The number of piperazine rings is 1. The van der Waals surface area contributed by atoms with Crippen molar-refractivity contribution >= 4 is 11.8 Å². The lowest BCUT2D eigenvalue weighted by Gasteiger charge is -2.37. The summed E-state index contributed by atoms with van der Waals surface area (Å²) in [6.45, 7) is 8.10. The minimum Gasteiger partial charge on any atom is -0.357 e. The van der Waals surface area contributed by atoms with Gasteiger partial charge < -0.3 is 15.1 Å². The van der Waals surface area contributed by atoms with Crippen molar-refractivity contribution in [2.45, 2.75) is 20.0 Å². The van der Waals surface area contributed by atoms with Crippen LogP contribution in [0.5, 0.6) is 0 Å². The molecule has 2 aromatic heterocycles. The van der Waals surface area contributed by atoms with Crippen molar-refractivity contribution < 1.29 is 0 Å². The van der Waals surface area contributed by atoms with E-state index in [4.69, 9.17) is 4.99 Å². The van der Waals surface area contributed by atoms with Gasteiger partial charge in [0.05, 0.1) is 19.3 Å². The molecule has 0 amide bonds. The van der Waals surface area contributed by atoms with Crippen molar-refractivity contribution in [1.29, 1.82) is 0 Å². The minimum absolute atomic E-state index is 0.623. The Kier molecular flexibility index (Phi) is 6.59. The number of pyridine rings is 1. The van der Waals surface area contributed by atoms with E-state index >= 15 is 0 Å². The van der Waals surface area contributed by atoms with Gasteiger partial charge >= 0.3 is 0 Å². The minimum atomic E-state index is 0.623. The van der Waals surface area contributed by atoms with Crippen LogP contribution >= 0.6 is 0 Å². The van der Waals surface area contributed by atoms with E-state index in [2.05, 4.69) is 68.7 Å². The highest BCUT2D eigenvalue weighted by atomic mass is 15.4. The van der Waals surface area contributed by atoms with Gasteiger partial charge in [-0.05, 0) is 24.6 Å². The van der Waals surface area contributed by atoms with E-state index in [-0.39, 0.29) is 0 Å². The number of benzene rings is 1. The first-order chi connectivity index (χ1) is 14.8. The Bertz CT molecular complexity index is 928. The van der Waals surface area contributed by atoms with Crippen LogP contribution in [0, 0.1) is 0 Å². The number of guanidine groups is 1. The third-order valence-electron chi connectivity index (χ3n) is 5.17. The average Bonchev–Trinajstić information content (AvgIpc) is 3.25. The molecule has 1 fully saturated rings. The van der Waals surface area contributed by atoms with Crippen molar-refractivity contribution in [2.75, 3.05) is 37.6 Å². The van der Waals surface area contributed by atoms with Gasteiger partial charge in [-0.3, -0.25) is 4.68 Å². The maximum absolute atomic E-state index is 4.87. The van der Waals surface area contributed by atoms with Gasteiger partial charge in [-0.15, -0.1) is 0 Å². The molecule has 0 saturated carbocycles. The molecular formula is C23H29N7. The molecule has 0 bridgehead atoms. The number of hydrogen-bond donors (Lipinski definition) is 1. The lowest BCUT2D eigenvalue weighted by molar-refractivity contribution is 0.371. The second-order valence-electron chi connectivity index (χ2n) is 7.36. The van der Waals surface area contributed by atoms with Crippen molar-refractivity contribution in [3.63, 3.8) is 0 Å². The number of nitrogens with one attached hydrogen (secondary N) is 1. The third-order valence-corrected chi connectivity index (χ3v) is 5.17. The number of aromatic nitrogens is 3. The third kappa shape index (κ3) is 5.17. The zero-order valence-electron chi connectivity index (χ0n) is 17.5. The fraction of sp³-hybridized carbons (Fsp3) is 0.348. The SMILES string of the molecule is CCNC(=NCc1cnn(Cc2ccccc2)c1)N1CCN(c2ccccn2)CC1. The van der Waals surface area contributed by atoms with Crippen LogP contribution < -0.4 is 10.2 Å². The molecule has 0 aliphatic carbocycles. The highest BCUT2D eigenvalue weighted by molar-refractivity contribution is 5.80. The number of anilines is 1. The van der Waals surface area contributed by atoms with Gasteiger partial charge in [0.2, 0.25) is 0 Å². The molecule has 1 saturated heterocycles. The molecule has 0 atom stereocenters. The molecule has 1 N–H and O–H groups in total. The molecule has 1 aromatic carbocycles. The lowest BCUT2D eigenvalue weighted by atomic mass is 10.2. The summed E-state index contributed by atoms with van der Waals surface area (Å²) in [4.78, 5) is 14.0. The van der Waals surface area contributed by atoms with E-state index in [0.29, 0.717) is 6.54 Å². The highest BCUT2D eigenvalue weighted by Crippen LogP contribution is 2.13. The first-order valence-electron chi connectivity index (χ1n) is 10.6. The summed E-state index contributed by atoms with van der Waals surface area (Å²) in [6.07, 6.45) is 5.85. The predicted octanol–water partition coefficient (Wildman–Crippen LogP) is 2.61. The lowest BCUT2D eigenvalue weighted by Crippen LogP contribution is -2.52. The smallest absolute Gasteiger partial charge is 0.194 e. The van der Waals surface area contributed by atoms with Crippen molar-refractivity contribution in [1.82, 2.24) is 25.0 Å². The number of hydrogen-bond acceptors (Lipinski definition) is 4. The molecule has 0 spiro atoms. The topological polar surface area (TPSA) is 61.6 Å². The molecule has 3 aromatic rings. The monoisotopic (exact) mass is 403 g/mol. The van der Waals surface area contributed by atoms with Gasteiger partial charge in [-0.25, -0.2) is 9.98 Å². The van der Waals surface area contributed by atoms with E-state index in [1.807, 2.05) is 35.3 Å². The summed E-state index contributed by atoms with van der Waals surface area (Å²) in [6, 6.07) is 16.4. The average molecular weight is 404 g/mol. The normalized spacial score (nSPS) is 14.8. The summed E-state index contributed by atoms with van der Waals surface area (Å²) in [7, 11) is 0. The highest BCUT2D eigenvalue weighted by Gasteiger charge is 2.20. The summed E-state index contributed by atoms with van der Waals surface area (Å²) in [5.41, 5.74) is 2.36. The summed E-state index contributed by atoms with van der Waals surface area (Å²) in [5.74, 6) is 2.01. The molecular weight excluding hydrogens is 374 g/mol. The van der Waals surface area contributed by atoms with Crippen LogP contribution in [0.1, 0.15) is 18.1 Å². The Morgan fingerprint density at radius 1 is 1.00 bits per heavy atom. The Balaban J connectivity index is 1.35. The Labute approximate surface area is 178 Å². The van der Waals surface area contributed by atoms with Gasteiger partial charge in [0.1, 0.15) is 5.82 Å². The van der Waals surface area contributed by atoms with Gasteiger partial charge in [0, 0.05) is 50.7 Å². The van der Waals surface area contributed by atoms with Crippen molar-refractivity contribution in [3.05, 3.63) is 78.2 Å². The molecule has 4 rings (SSSR count). The fourth-order valence-corrected chi connectivity index (χ4v) is 3.63. The van der Waals surface area contributed by atoms with E-state index < -0.39 is 0 Å². The van der Waals surface area contributed by atoms with E-state index in [0.717, 1.165) is 56.6 Å². The number of aliphatic imine (C=N–C) groups is 1. The Morgan fingerprint density at radius 3 is 2.53 bits per heavy atom. The van der Waals surface area contributed by atoms with Crippen LogP contribution in [0.4, 0.5) is 5.82 Å². The van der Waals surface area contributed by atoms with Crippen LogP contribution in [0.15, 0.2) is 72.1 Å². The summed E-state index contributed by atoms with van der Waals surface area (Å²) < 4.78 is 1.97. The maximum Gasteiger partial charge on any atom is 0.194 e.